The molecular weight excluding hydrogens is 272 g/mol. The molecule has 1 rings (SSSR count). The zero-order valence-corrected chi connectivity index (χ0v) is 13.8. The topological polar surface area (TPSA) is 57.6 Å². The summed E-state index contributed by atoms with van der Waals surface area (Å²) < 4.78 is 19.6. The van der Waals surface area contributed by atoms with Crippen molar-refractivity contribution >= 4 is 14.5 Å². The minimum Gasteiger partial charge on any atom is -0.394 e. The minimum atomic E-state index is -2.51. The van der Waals surface area contributed by atoms with Crippen LogP contribution in [0.4, 0.5) is 5.69 Å². The highest BCUT2D eigenvalue weighted by atomic mass is 28.4. The Kier molecular flexibility index (Phi) is 7.75. The first-order chi connectivity index (χ1) is 9.65. The van der Waals surface area contributed by atoms with Crippen molar-refractivity contribution in [3.05, 3.63) is 24.5 Å². The third kappa shape index (κ3) is 5.58. The summed E-state index contributed by atoms with van der Waals surface area (Å²) in [4.78, 5) is 0. The number of nitrogens with zero attached hydrogens (tertiary/aromatic N) is 1. The molecule has 1 aromatic rings. The van der Waals surface area contributed by atoms with E-state index in [0.29, 0.717) is 19.8 Å². The standard InChI is InChI=1S/C14H27N2O3Si/c1-4-17-20(18-5-2,19-6-3)12-8-11-16-10-7-9-14(15)13-16/h7,9-10,13H,4-6,8,11-12,15H2,1-3H3/q+1. The molecule has 0 radical (unpaired) electrons. The highest BCUT2D eigenvalue weighted by Gasteiger charge is 2.40. The summed E-state index contributed by atoms with van der Waals surface area (Å²) in [5, 5.41) is 0. The van der Waals surface area contributed by atoms with Gasteiger partial charge in [0.15, 0.2) is 12.4 Å². The van der Waals surface area contributed by atoms with Crippen molar-refractivity contribution in [1.29, 1.82) is 0 Å². The van der Waals surface area contributed by atoms with E-state index < -0.39 is 8.80 Å². The summed E-state index contributed by atoms with van der Waals surface area (Å²) in [6.07, 6.45) is 4.90. The Bertz CT molecular complexity index is 373. The van der Waals surface area contributed by atoms with Crippen LogP contribution in [0.1, 0.15) is 27.2 Å². The van der Waals surface area contributed by atoms with Crippen LogP contribution in [0.15, 0.2) is 24.5 Å². The van der Waals surface area contributed by atoms with Crippen molar-refractivity contribution in [3.63, 3.8) is 0 Å². The summed E-state index contributed by atoms with van der Waals surface area (Å²) in [5.41, 5.74) is 6.55. The van der Waals surface area contributed by atoms with Gasteiger partial charge in [-0.2, -0.15) is 0 Å². The summed E-state index contributed by atoms with van der Waals surface area (Å²) in [7, 11) is -2.51. The molecule has 0 amide bonds. The molecule has 1 heterocycles. The van der Waals surface area contributed by atoms with E-state index >= 15 is 0 Å². The molecular formula is C14H27N2O3Si+. The molecule has 0 aliphatic heterocycles. The molecule has 0 atom stereocenters. The number of nitrogen functional groups attached to an aromatic ring is 1. The van der Waals surface area contributed by atoms with Crippen molar-refractivity contribution in [1.82, 2.24) is 0 Å². The fourth-order valence-electron chi connectivity index (χ4n) is 2.16. The number of aromatic nitrogens is 1. The first-order valence-electron chi connectivity index (χ1n) is 7.32. The fraction of sp³-hybridized carbons (Fsp3) is 0.643. The average Bonchev–Trinajstić information content (AvgIpc) is 2.40. The van der Waals surface area contributed by atoms with Gasteiger partial charge in [-0.3, -0.25) is 0 Å². The van der Waals surface area contributed by atoms with Gasteiger partial charge in [0.2, 0.25) is 0 Å². The van der Waals surface area contributed by atoms with Crippen LogP contribution in [0.2, 0.25) is 6.04 Å². The molecule has 0 saturated heterocycles. The smallest absolute Gasteiger partial charge is 0.394 e. The van der Waals surface area contributed by atoms with Gasteiger partial charge in [0.1, 0.15) is 6.54 Å². The number of hydrogen-bond donors (Lipinski definition) is 1. The van der Waals surface area contributed by atoms with Crippen LogP contribution in [0, 0.1) is 0 Å². The lowest BCUT2D eigenvalue weighted by molar-refractivity contribution is -0.696. The molecule has 0 bridgehead atoms. The highest BCUT2D eigenvalue weighted by Crippen LogP contribution is 2.18. The van der Waals surface area contributed by atoms with Crippen molar-refractivity contribution in [2.45, 2.75) is 39.8 Å². The van der Waals surface area contributed by atoms with Crippen molar-refractivity contribution in [2.75, 3.05) is 25.6 Å². The Morgan fingerprint density at radius 2 is 1.70 bits per heavy atom. The molecule has 0 unspecified atom stereocenters. The second-order valence-corrected chi connectivity index (χ2v) is 7.19. The molecule has 0 aliphatic rings. The third-order valence-corrected chi connectivity index (χ3v) is 6.02. The first-order valence-corrected chi connectivity index (χ1v) is 9.25. The molecule has 20 heavy (non-hydrogen) atoms. The van der Waals surface area contributed by atoms with E-state index in [9.17, 15) is 0 Å². The van der Waals surface area contributed by atoms with Gasteiger partial charge < -0.3 is 19.0 Å². The molecule has 0 saturated carbocycles. The zero-order valence-electron chi connectivity index (χ0n) is 12.8. The zero-order chi connectivity index (χ0) is 14.8. The number of rotatable bonds is 10. The molecule has 0 aliphatic carbocycles. The first kappa shape index (κ1) is 17.1. The van der Waals surface area contributed by atoms with Gasteiger partial charge >= 0.3 is 8.80 Å². The summed E-state index contributed by atoms with van der Waals surface area (Å²) in [5.74, 6) is 0. The van der Waals surface area contributed by atoms with Crippen molar-refractivity contribution in [3.8, 4) is 0 Å². The van der Waals surface area contributed by atoms with E-state index in [4.69, 9.17) is 19.0 Å². The monoisotopic (exact) mass is 299 g/mol. The maximum absolute atomic E-state index is 5.83. The van der Waals surface area contributed by atoms with E-state index in [1.807, 2.05) is 45.3 Å². The molecule has 2 N–H and O–H groups in total. The highest BCUT2D eigenvalue weighted by molar-refractivity contribution is 6.60. The Labute approximate surface area is 123 Å². The molecule has 0 aromatic carbocycles. The predicted molar refractivity (Wildman–Crippen MR) is 81.1 cm³/mol. The largest absolute Gasteiger partial charge is 0.501 e. The second-order valence-electron chi connectivity index (χ2n) is 4.46. The van der Waals surface area contributed by atoms with E-state index in [-0.39, 0.29) is 0 Å². The maximum Gasteiger partial charge on any atom is 0.501 e. The van der Waals surface area contributed by atoms with Crippen LogP contribution in [0.3, 0.4) is 0 Å². The average molecular weight is 299 g/mol. The Hall–Kier alpha value is -0.953. The van der Waals surface area contributed by atoms with Gasteiger partial charge in [-0.05, 0) is 26.8 Å². The van der Waals surface area contributed by atoms with E-state index in [1.165, 1.54) is 0 Å². The SMILES string of the molecule is CCO[Si](CCC[n+]1cccc(N)c1)(OCC)OCC. The molecule has 6 heteroatoms. The van der Waals surface area contributed by atoms with Crippen LogP contribution in [0.5, 0.6) is 0 Å². The molecule has 1 aromatic heterocycles. The number of aryl methyl sites for hydroxylation is 1. The van der Waals surface area contributed by atoms with E-state index in [1.54, 1.807) is 0 Å². The number of hydrogen-bond acceptors (Lipinski definition) is 4. The normalized spacial score (nSPS) is 11.8. The van der Waals surface area contributed by atoms with Crippen molar-refractivity contribution in [2.24, 2.45) is 0 Å². The number of pyridine rings is 1. The van der Waals surface area contributed by atoms with Gasteiger partial charge in [-0.15, -0.1) is 0 Å². The van der Waals surface area contributed by atoms with E-state index in [2.05, 4.69) is 4.57 Å². The van der Waals surface area contributed by atoms with Gasteiger partial charge in [0, 0.05) is 38.4 Å². The Morgan fingerprint density at radius 1 is 1.10 bits per heavy atom. The summed E-state index contributed by atoms with van der Waals surface area (Å²) >= 11 is 0. The predicted octanol–water partition coefficient (Wildman–Crippen LogP) is 1.99. The molecule has 5 nitrogen and oxygen atoms in total. The van der Waals surface area contributed by atoms with Crippen LogP contribution >= 0.6 is 0 Å². The quantitative estimate of drug-likeness (QED) is 0.530. The lowest BCUT2D eigenvalue weighted by Gasteiger charge is -2.28. The second kappa shape index (κ2) is 9.07. The van der Waals surface area contributed by atoms with Gasteiger partial charge in [-0.25, -0.2) is 4.57 Å². The number of anilines is 1. The summed E-state index contributed by atoms with van der Waals surface area (Å²) in [6, 6.07) is 4.66. The van der Waals surface area contributed by atoms with Gasteiger partial charge in [0.05, 0.1) is 5.69 Å². The van der Waals surface area contributed by atoms with E-state index in [0.717, 1.165) is 24.7 Å². The lowest BCUT2D eigenvalue weighted by atomic mass is 10.4. The molecule has 0 spiro atoms. The minimum absolute atomic E-state index is 0.623. The fourth-order valence-corrected chi connectivity index (χ4v) is 4.75. The summed E-state index contributed by atoms with van der Waals surface area (Å²) in [6.45, 7) is 8.69. The van der Waals surface area contributed by atoms with Crippen LogP contribution in [-0.2, 0) is 19.8 Å². The van der Waals surface area contributed by atoms with Crippen LogP contribution < -0.4 is 10.3 Å². The third-order valence-electron chi connectivity index (χ3n) is 2.87. The maximum atomic E-state index is 5.83. The Balaban J connectivity index is 2.56. The lowest BCUT2D eigenvalue weighted by Crippen LogP contribution is -2.46. The van der Waals surface area contributed by atoms with Gasteiger partial charge in [0.25, 0.3) is 0 Å². The van der Waals surface area contributed by atoms with Crippen LogP contribution in [-0.4, -0.2) is 28.6 Å². The van der Waals surface area contributed by atoms with Gasteiger partial charge in [-0.1, -0.05) is 0 Å². The molecule has 0 fully saturated rings. The molecule has 114 valence electrons. The van der Waals surface area contributed by atoms with Crippen molar-refractivity contribution < 1.29 is 17.8 Å². The Morgan fingerprint density at radius 3 is 2.20 bits per heavy atom. The number of nitrogens with two attached hydrogens (primary N) is 1. The van der Waals surface area contributed by atoms with Crippen LogP contribution in [0.25, 0.3) is 0 Å².